The van der Waals surface area contributed by atoms with Crippen LogP contribution in [0.2, 0.25) is 0 Å². The lowest BCUT2D eigenvalue weighted by molar-refractivity contribution is 0.288. The van der Waals surface area contributed by atoms with Gasteiger partial charge in [0.25, 0.3) is 0 Å². The second kappa shape index (κ2) is 5.50. The quantitative estimate of drug-likeness (QED) is 0.812. The highest BCUT2D eigenvalue weighted by Gasteiger charge is 2.36. The molecule has 17 heavy (non-hydrogen) atoms. The van der Waals surface area contributed by atoms with Crippen molar-refractivity contribution in [1.29, 1.82) is 0 Å². The Morgan fingerprint density at radius 2 is 2.06 bits per heavy atom. The van der Waals surface area contributed by atoms with Crippen LogP contribution in [0.3, 0.4) is 0 Å². The van der Waals surface area contributed by atoms with E-state index in [9.17, 15) is 0 Å². The molecule has 1 aromatic rings. The van der Waals surface area contributed by atoms with Crippen LogP contribution in [0.1, 0.15) is 37.8 Å². The van der Waals surface area contributed by atoms with Crippen molar-refractivity contribution in [3.05, 3.63) is 35.9 Å². The maximum Gasteiger partial charge on any atom is 0.166 e. The summed E-state index contributed by atoms with van der Waals surface area (Å²) in [5, 5.41) is 0.535. The van der Waals surface area contributed by atoms with Crippen LogP contribution in [0.5, 0.6) is 0 Å². The summed E-state index contributed by atoms with van der Waals surface area (Å²) in [6, 6.07) is 11.0. The zero-order valence-electron chi connectivity index (χ0n) is 10.3. The average Bonchev–Trinajstić information content (AvgIpc) is 3.14. The largest absolute Gasteiger partial charge is 0.376 e. The molecule has 1 aromatic carbocycles. The summed E-state index contributed by atoms with van der Waals surface area (Å²) in [4.78, 5) is 2.20. The Morgan fingerprint density at radius 1 is 1.41 bits per heavy atom. The fraction of sp³-hybridized carbons (Fsp3) is 0.500. The monoisotopic (exact) mass is 248 g/mol. The van der Waals surface area contributed by atoms with Crippen molar-refractivity contribution in [3.63, 3.8) is 0 Å². The van der Waals surface area contributed by atoms with Crippen molar-refractivity contribution in [3.8, 4) is 0 Å². The molecule has 1 saturated carbocycles. The van der Waals surface area contributed by atoms with Crippen LogP contribution in [-0.2, 0) is 0 Å². The van der Waals surface area contributed by atoms with Gasteiger partial charge in [-0.25, -0.2) is 0 Å². The molecule has 0 bridgehead atoms. The highest BCUT2D eigenvalue weighted by Crippen LogP contribution is 2.44. The minimum atomic E-state index is 0.383. The molecule has 0 saturated heterocycles. The first-order chi connectivity index (χ1) is 8.24. The number of nitrogens with zero attached hydrogens (tertiary/aromatic N) is 1. The molecule has 3 heteroatoms. The van der Waals surface area contributed by atoms with E-state index in [0.29, 0.717) is 11.2 Å². The van der Waals surface area contributed by atoms with Crippen molar-refractivity contribution >= 4 is 17.3 Å². The molecule has 0 heterocycles. The second-order valence-corrected chi connectivity index (χ2v) is 5.14. The Kier molecular flexibility index (Phi) is 4.00. The lowest BCUT2D eigenvalue weighted by atomic mass is 10.0. The predicted molar refractivity (Wildman–Crippen MR) is 75.7 cm³/mol. The van der Waals surface area contributed by atoms with E-state index in [2.05, 4.69) is 42.2 Å². The van der Waals surface area contributed by atoms with Gasteiger partial charge in [0.2, 0.25) is 0 Å². The van der Waals surface area contributed by atoms with Gasteiger partial charge in [0.05, 0.1) is 6.04 Å². The van der Waals surface area contributed by atoms with Gasteiger partial charge >= 0.3 is 0 Å². The van der Waals surface area contributed by atoms with Gasteiger partial charge in [0.1, 0.15) is 0 Å². The van der Waals surface area contributed by atoms with Gasteiger partial charge in [0.15, 0.2) is 5.11 Å². The molecule has 1 aliphatic carbocycles. The number of benzene rings is 1. The van der Waals surface area contributed by atoms with Gasteiger partial charge in [0, 0.05) is 6.54 Å². The Morgan fingerprint density at radius 3 is 2.53 bits per heavy atom. The third-order valence-electron chi connectivity index (χ3n) is 3.29. The van der Waals surface area contributed by atoms with Crippen molar-refractivity contribution in [2.45, 2.75) is 32.2 Å². The van der Waals surface area contributed by atoms with E-state index in [4.69, 9.17) is 18.0 Å². The van der Waals surface area contributed by atoms with Gasteiger partial charge in [-0.2, -0.15) is 0 Å². The number of hydrogen-bond acceptors (Lipinski definition) is 1. The molecular weight excluding hydrogens is 228 g/mol. The van der Waals surface area contributed by atoms with E-state index in [1.54, 1.807) is 0 Å². The maximum atomic E-state index is 5.88. The molecule has 2 nitrogen and oxygen atoms in total. The maximum absolute atomic E-state index is 5.88. The summed E-state index contributed by atoms with van der Waals surface area (Å²) in [6.07, 6.45) is 3.66. The number of thiocarbonyl (C=S) groups is 1. The lowest BCUT2D eigenvalue weighted by Gasteiger charge is -2.32. The van der Waals surface area contributed by atoms with Gasteiger partial charge < -0.3 is 10.6 Å². The zero-order valence-corrected chi connectivity index (χ0v) is 11.1. The van der Waals surface area contributed by atoms with Crippen LogP contribution in [0.4, 0.5) is 0 Å². The van der Waals surface area contributed by atoms with Crippen LogP contribution in [0.25, 0.3) is 0 Å². The van der Waals surface area contributed by atoms with Gasteiger partial charge in [-0.3, -0.25) is 0 Å². The summed E-state index contributed by atoms with van der Waals surface area (Å²) in [7, 11) is 0. The van der Waals surface area contributed by atoms with Gasteiger partial charge in [-0.05, 0) is 43.0 Å². The van der Waals surface area contributed by atoms with E-state index in [1.807, 2.05) is 0 Å². The molecule has 0 spiro atoms. The smallest absolute Gasteiger partial charge is 0.166 e. The molecule has 0 aliphatic heterocycles. The third-order valence-corrected chi connectivity index (χ3v) is 3.53. The van der Waals surface area contributed by atoms with Crippen molar-refractivity contribution in [1.82, 2.24) is 4.90 Å². The summed E-state index contributed by atoms with van der Waals surface area (Å²) < 4.78 is 0. The fourth-order valence-corrected chi connectivity index (χ4v) is 2.60. The predicted octanol–water partition coefficient (Wildman–Crippen LogP) is 3.09. The van der Waals surface area contributed by atoms with E-state index in [0.717, 1.165) is 18.9 Å². The van der Waals surface area contributed by atoms with E-state index in [-0.39, 0.29) is 0 Å². The number of nitrogens with two attached hydrogens (primary N) is 1. The van der Waals surface area contributed by atoms with Crippen LogP contribution >= 0.6 is 12.2 Å². The summed E-state index contributed by atoms with van der Waals surface area (Å²) in [5.74, 6) is 0.727. The van der Waals surface area contributed by atoms with Crippen LogP contribution in [0, 0.1) is 5.92 Å². The molecule has 1 atom stereocenters. The van der Waals surface area contributed by atoms with Crippen molar-refractivity contribution in [2.75, 3.05) is 6.54 Å². The summed E-state index contributed by atoms with van der Waals surface area (Å²) in [6.45, 7) is 3.12. The molecule has 0 amide bonds. The Bertz CT molecular complexity index is 373. The number of hydrogen-bond donors (Lipinski definition) is 1. The SMILES string of the molecule is CCCN(C(N)=S)C(c1ccccc1)C1CC1. The zero-order chi connectivity index (χ0) is 12.3. The minimum absolute atomic E-state index is 0.383. The molecular formula is C14H20N2S. The molecule has 0 radical (unpaired) electrons. The molecule has 0 aromatic heterocycles. The normalized spacial score (nSPS) is 16.5. The van der Waals surface area contributed by atoms with Crippen molar-refractivity contribution < 1.29 is 0 Å². The minimum Gasteiger partial charge on any atom is -0.376 e. The highest BCUT2D eigenvalue weighted by molar-refractivity contribution is 7.80. The van der Waals surface area contributed by atoms with Crippen LogP contribution in [0.15, 0.2) is 30.3 Å². The topological polar surface area (TPSA) is 29.3 Å². The molecule has 1 aliphatic rings. The first kappa shape index (κ1) is 12.4. The first-order valence-electron chi connectivity index (χ1n) is 6.35. The summed E-state index contributed by atoms with van der Waals surface area (Å²) >= 11 is 5.21. The van der Waals surface area contributed by atoms with Crippen LogP contribution in [-0.4, -0.2) is 16.6 Å². The Balaban J connectivity index is 2.24. The molecule has 92 valence electrons. The van der Waals surface area contributed by atoms with Gasteiger partial charge in [-0.1, -0.05) is 37.3 Å². The van der Waals surface area contributed by atoms with Crippen LogP contribution < -0.4 is 5.73 Å². The molecule has 2 N–H and O–H groups in total. The molecule has 1 fully saturated rings. The Hall–Kier alpha value is -1.09. The average molecular weight is 248 g/mol. The number of rotatable bonds is 5. The first-order valence-corrected chi connectivity index (χ1v) is 6.76. The Labute approximate surface area is 109 Å². The molecule has 2 rings (SSSR count). The standard InChI is InChI=1S/C14H20N2S/c1-2-10-16(14(15)17)13(12-8-9-12)11-6-4-3-5-7-11/h3-7,12-13H,2,8-10H2,1H3,(H2,15,17). The van der Waals surface area contributed by atoms with E-state index < -0.39 is 0 Å². The van der Waals surface area contributed by atoms with Gasteiger partial charge in [-0.15, -0.1) is 0 Å². The lowest BCUT2D eigenvalue weighted by Crippen LogP contribution is -2.40. The molecule has 1 unspecified atom stereocenters. The highest BCUT2D eigenvalue weighted by atomic mass is 32.1. The van der Waals surface area contributed by atoms with Crippen molar-refractivity contribution in [2.24, 2.45) is 11.7 Å². The second-order valence-electron chi connectivity index (χ2n) is 4.72. The van der Waals surface area contributed by atoms with E-state index in [1.165, 1.54) is 18.4 Å². The van der Waals surface area contributed by atoms with E-state index >= 15 is 0 Å². The fourth-order valence-electron chi connectivity index (χ4n) is 2.40. The third kappa shape index (κ3) is 2.97. The summed E-state index contributed by atoms with van der Waals surface area (Å²) in [5.41, 5.74) is 7.23.